The summed E-state index contributed by atoms with van der Waals surface area (Å²) in [5, 5.41) is 0.892. The monoisotopic (exact) mass is 447 g/mol. The Morgan fingerprint density at radius 3 is 2.53 bits per heavy atom. The Bertz CT molecular complexity index is 1210. The lowest BCUT2D eigenvalue weighted by molar-refractivity contribution is 0.102. The maximum atomic E-state index is 13.1. The predicted octanol–water partition coefficient (Wildman–Crippen LogP) is 5.32. The van der Waals surface area contributed by atoms with Crippen molar-refractivity contribution in [2.45, 2.75) is 38.5 Å². The Morgan fingerprint density at radius 2 is 1.75 bits per heavy atom. The number of hydrogen-bond acceptors (Lipinski definition) is 4. The summed E-state index contributed by atoms with van der Waals surface area (Å²) in [6.45, 7) is 6.26. The van der Waals surface area contributed by atoms with Gasteiger partial charge in [-0.1, -0.05) is 54.2 Å². The second kappa shape index (κ2) is 10.2. The average Bonchev–Trinajstić information content (AvgIpc) is 3.31. The highest BCUT2D eigenvalue weighted by Crippen LogP contribution is 2.26. The second-order valence-electron chi connectivity index (χ2n) is 7.91. The van der Waals surface area contributed by atoms with Crippen LogP contribution in [-0.4, -0.2) is 39.4 Å². The van der Waals surface area contributed by atoms with E-state index in [1.165, 1.54) is 17.3 Å². The van der Waals surface area contributed by atoms with E-state index >= 15 is 0 Å². The first-order chi connectivity index (χ1) is 15.6. The van der Waals surface area contributed by atoms with Gasteiger partial charge in [-0.15, -0.1) is 0 Å². The molecule has 0 spiro atoms. The third kappa shape index (κ3) is 4.81. The molecule has 0 atom stereocenters. The summed E-state index contributed by atoms with van der Waals surface area (Å²) in [6.07, 6.45) is 0.920. The minimum atomic E-state index is 0.133. The minimum absolute atomic E-state index is 0.133. The molecular weight excluding hydrogens is 418 g/mol. The van der Waals surface area contributed by atoms with Gasteiger partial charge in [-0.2, -0.15) is 0 Å². The molecule has 0 amide bonds. The molecule has 0 N–H and O–H groups in total. The zero-order valence-electron chi connectivity index (χ0n) is 18.9. The van der Waals surface area contributed by atoms with E-state index in [9.17, 15) is 4.79 Å². The molecule has 0 aliphatic carbocycles. The topological polar surface area (TPSA) is 49.1 Å². The van der Waals surface area contributed by atoms with Gasteiger partial charge in [0, 0.05) is 37.2 Å². The van der Waals surface area contributed by atoms with E-state index < -0.39 is 0 Å². The second-order valence-corrected chi connectivity index (χ2v) is 8.85. The first-order valence-corrected chi connectivity index (χ1v) is 11.9. The number of nitrogens with zero attached hydrogens (tertiary/aromatic N) is 3. The molecule has 0 saturated heterocycles. The number of ketones is 1. The molecule has 0 unspecified atom stereocenters. The van der Waals surface area contributed by atoms with Crippen molar-refractivity contribution in [1.82, 2.24) is 14.1 Å². The fourth-order valence-corrected chi connectivity index (χ4v) is 5.01. The number of benzene rings is 2. The van der Waals surface area contributed by atoms with Crippen molar-refractivity contribution in [2.24, 2.45) is 0 Å². The van der Waals surface area contributed by atoms with Crippen molar-refractivity contribution in [1.29, 1.82) is 0 Å². The van der Waals surface area contributed by atoms with Crippen LogP contribution in [0.3, 0.4) is 0 Å². The van der Waals surface area contributed by atoms with E-state index in [1.807, 2.05) is 44.2 Å². The normalized spacial score (nSPS) is 11.3. The molecule has 32 heavy (non-hydrogen) atoms. The lowest BCUT2D eigenvalue weighted by Crippen LogP contribution is -2.10. The first-order valence-electron chi connectivity index (χ1n) is 10.9. The van der Waals surface area contributed by atoms with Crippen LogP contribution in [-0.2, 0) is 24.2 Å². The molecule has 0 aliphatic rings. The summed E-state index contributed by atoms with van der Waals surface area (Å²) in [5.41, 5.74) is 6.24. The van der Waals surface area contributed by atoms with Gasteiger partial charge in [-0.3, -0.25) is 4.79 Å². The maximum Gasteiger partial charge on any atom is 0.175 e. The summed E-state index contributed by atoms with van der Waals surface area (Å²) >= 11 is 1.52. The van der Waals surface area contributed by atoms with Gasteiger partial charge in [0.15, 0.2) is 10.9 Å². The molecule has 0 bridgehead atoms. The van der Waals surface area contributed by atoms with Gasteiger partial charge in [0.25, 0.3) is 0 Å². The number of imidazole rings is 1. The molecule has 0 radical (unpaired) electrons. The molecule has 6 heteroatoms. The number of carbonyl (C=O) groups excluding carboxylic acids is 1. The summed E-state index contributed by atoms with van der Waals surface area (Å²) in [5.74, 6) is 0.497. The maximum absolute atomic E-state index is 13.1. The van der Waals surface area contributed by atoms with Crippen molar-refractivity contribution in [3.63, 3.8) is 0 Å². The lowest BCUT2D eigenvalue weighted by atomic mass is 10.1. The Balaban J connectivity index is 1.52. The fraction of sp³-hybridized carbons (Fsp3) is 0.308. The Labute approximate surface area is 193 Å². The molecule has 166 valence electrons. The van der Waals surface area contributed by atoms with Crippen molar-refractivity contribution in [3.05, 3.63) is 83.2 Å². The summed E-state index contributed by atoms with van der Waals surface area (Å²) in [7, 11) is 1.70. The molecular formula is C26H29N3O2S. The highest BCUT2D eigenvalue weighted by Gasteiger charge is 2.18. The first kappa shape index (κ1) is 22.4. The number of fused-ring (bicyclic) bond motifs is 1. The van der Waals surface area contributed by atoms with Gasteiger partial charge in [0.05, 0.1) is 23.4 Å². The van der Waals surface area contributed by atoms with Crippen LogP contribution >= 0.6 is 11.8 Å². The van der Waals surface area contributed by atoms with Gasteiger partial charge in [-0.25, -0.2) is 4.98 Å². The van der Waals surface area contributed by atoms with E-state index in [-0.39, 0.29) is 5.78 Å². The molecule has 2 aromatic heterocycles. The Morgan fingerprint density at radius 1 is 1.00 bits per heavy atom. The quantitative estimate of drug-likeness (QED) is 0.244. The number of para-hydroxylation sites is 2. The summed E-state index contributed by atoms with van der Waals surface area (Å²) < 4.78 is 9.59. The minimum Gasteiger partial charge on any atom is -0.383 e. The molecule has 0 fully saturated rings. The van der Waals surface area contributed by atoms with Crippen molar-refractivity contribution >= 4 is 28.6 Å². The van der Waals surface area contributed by atoms with Crippen LogP contribution in [0.4, 0.5) is 0 Å². The number of aryl methyl sites for hydroxylation is 3. The van der Waals surface area contributed by atoms with Crippen LogP contribution in [0, 0.1) is 13.8 Å². The smallest absolute Gasteiger partial charge is 0.175 e. The van der Waals surface area contributed by atoms with E-state index in [4.69, 9.17) is 9.72 Å². The number of methoxy groups -OCH3 is 1. The van der Waals surface area contributed by atoms with E-state index in [0.717, 1.165) is 52.7 Å². The highest BCUT2D eigenvalue weighted by molar-refractivity contribution is 7.99. The Kier molecular flexibility index (Phi) is 7.12. The highest BCUT2D eigenvalue weighted by atomic mass is 32.2. The van der Waals surface area contributed by atoms with Crippen LogP contribution < -0.4 is 0 Å². The van der Waals surface area contributed by atoms with E-state index in [1.54, 1.807) is 7.11 Å². The molecule has 2 aromatic carbocycles. The van der Waals surface area contributed by atoms with Gasteiger partial charge in [0.1, 0.15) is 0 Å². The molecule has 0 aliphatic heterocycles. The molecule has 2 heterocycles. The standard InChI is InChI=1S/C26H29N3O2S/c1-19-17-22(20(2)28(19)15-16-31-3)25(30)18-32-26-27-23-11-7-8-12-24(23)29(26)14-13-21-9-5-4-6-10-21/h4-12,17H,13-16,18H2,1-3H3. The van der Waals surface area contributed by atoms with Crippen LogP contribution in [0.5, 0.6) is 0 Å². The summed E-state index contributed by atoms with van der Waals surface area (Å²) in [4.78, 5) is 17.9. The van der Waals surface area contributed by atoms with Crippen molar-refractivity contribution < 1.29 is 9.53 Å². The number of Topliss-reactive ketones (excluding diaryl/α,β-unsaturated/α-hetero) is 1. The fourth-order valence-electron chi connectivity index (χ4n) is 4.08. The largest absolute Gasteiger partial charge is 0.383 e. The van der Waals surface area contributed by atoms with Gasteiger partial charge >= 0.3 is 0 Å². The number of carbonyl (C=O) groups is 1. The van der Waals surface area contributed by atoms with Crippen molar-refractivity contribution in [3.8, 4) is 0 Å². The molecule has 5 nitrogen and oxygen atoms in total. The van der Waals surface area contributed by atoms with Crippen LogP contribution in [0.2, 0.25) is 0 Å². The predicted molar refractivity (Wildman–Crippen MR) is 131 cm³/mol. The number of thioether (sulfide) groups is 1. The zero-order chi connectivity index (χ0) is 22.5. The molecule has 0 saturated carbocycles. The van der Waals surface area contributed by atoms with Crippen molar-refractivity contribution in [2.75, 3.05) is 19.5 Å². The van der Waals surface area contributed by atoms with Gasteiger partial charge in [-0.05, 0) is 44.0 Å². The molecule has 4 aromatic rings. The average molecular weight is 448 g/mol. The third-order valence-electron chi connectivity index (χ3n) is 5.81. The number of aromatic nitrogens is 3. The number of hydrogen-bond donors (Lipinski definition) is 0. The SMILES string of the molecule is COCCn1c(C)cc(C(=O)CSc2nc3ccccc3n2CCc2ccccc2)c1C. The van der Waals surface area contributed by atoms with Crippen LogP contribution in [0.15, 0.2) is 65.8 Å². The van der Waals surface area contributed by atoms with E-state index in [2.05, 4.69) is 39.5 Å². The van der Waals surface area contributed by atoms with Gasteiger partial charge in [0.2, 0.25) is 0 Å². The van der Waals surface area contributed by atoms with Crippen LogP contribution in [0.25, 0.3) is 11.0 Å². The lowest BCUT2D eigenvalue weighted by Gasteiger charge is -2.10. The third-order valence-corrected chi connectivity index (χ3v) is 6.79. The van der Waals surface area contributed by atoms with E-state index in [0.29, 0.717) is 12.4 Å². The number of rotatable bonds is 10. The van der Waals surface area contributed by atoms with Gasteiger partial charge < -0.3 is 13.9 Å². The van der Waals surface area contributed by atoms with Crippen LogP contribution in [0.1, 0.15) is 27.3 Å². The zero-order valence-corrected chi connectivity index (χ0v) is 19.7. The summed E-state index contributed by atoms with van der Waals surface area (Å²) in [6, 6.07) is 20.6. The molecule has 4 rings (SSSR count). The Hall–Kier alpha value is -2.83. The number of ether oxygens (including phenoxy) is 1.